The van der Waals surface area contributed by atoms with Gasteiger partial charge >= 0.3 is 0 Å². The van der Waals surface area contributed by atoms with Crippen LogP contribution >= 0.6 is 11.8 Å². The Morgan fingerprint density at radius 2 is 1.67 bits per heavy atom. The molecule has 0 unspecified atom stereocenters. The van der Waals surface area contributed by atoms with Crippen molar-refractivity contribution < 1.29 is 0 Å². The lowest BCUT2D eigenvalue weighted by Crippen LogP contribution is -2.38. The molecule has 0 nitrogen and oxygen atoms in total. The van der Waals surface area contributed by atoms with Crippen LogP contribution in [0, 0.1) is 10.8 Å². The lowest BCUT2D eigenvalue weighted by molar-refractivity contribution is 0.0230. The topological polar surface area (TPSA) is 0 Å². The van der Waals surface area contributed by atoms with Crippen LogP contribution in [0.4, 0.5) is 0 Å². The molecule has 0 heterocycles. The fraction of sp³-hybridized carbons (Fsp3) is 1.00. The molecule has 1 aliphatic rings. The molecule has 1 fully saturated rings. The van der Waals surface area contributed by atoms with Crippen LogP contribution in [0.5, 0.6) is 0 Å². The van der Waals surface area contributed by atoms with Gasteiger partial charge in [0.25, 0.3) is 0 Å². The molecule has 0 saturated heterocycles. The normalized spacial score (nSPS) is 30.4. The van der Waals surface area contributed by atoms with Crippen molar-refractivity contribution in [3.8, 4) is 0 Å². The van der Waals surface area contributed by atoms with Gasteiger partial charge in [-0.1, -0.05) is 40.0 Å². The molecule has 0 aliphatic heterocycles. The molecule has 0 radical (unpaired) electrons. The van der Waals surface area contributed by atoms with Gasteiger partial charge in [-0.15, -0.1) is 0 Å². The zero-order chi connectivity index (χ0) is 11.4. The molecule has 90 valence electrons. The summed E-state index contributed by atoms with van der Waals surface area (Å²) < 4.78 is 0. The summed E-state index contributed by atoms with van der Waals surface area (Å²) in [5.74, 6) is 1.34. The van der Waals surface area contributed by atoms with Crippen LogP contribution in [0.3, 0.4) is 0 Å². The van der Waals surface area contributed by atoms with E-state index in [2.05, 4.69) is 27.0 Å². The Labute approximate surface area is 101 Å². The quantitative estimate of drug-likeness (QED) is 0.588. The van der Waals surface area contributed by atoms with Crippen molar-refractivity contribution in [2.24, 2.45) is 10.8 Å². The van der Waals surface area contributed by atoms with E-state index < -0.39 is 0 Å². The van der Waals surface area contributed by atoms with Crippen molar-refractivity contribution in [2.75, 3.05) is 12.0 Å². The molecule has 1 aliphatic carbocycles. The van der Waals surface area contributed by atoms with Crippen LogP contribution in [0.2, 0.25) is 0 Å². The first-order valence-electron chi connectivity index (χ1n) is 6.51. The fourth-order valence-electron chi connectivity index (χ4n) is 2.95. The first-order valence-corrected chi connectivity index (χ1v) is 7.90. The summed E-state index contributed by atoms with van der Waals surface area (Å²) in [7, 11) is 0. The van der Waals surface area contributed by atoms with Crippen molar-refractivity contribution in [3.63, 3.8) is 0 Å². The monoisotopic (exact) mass is 228 g/mol. The summed E-state index contributed by atoms with van der Waals surface area (Å²) in [6.07, 6.45) is 12.3. The van der Waals surface area contributed by atoms with Gasteiger partial charge < -0.3 is 0 Å². The fourth-order valence-corrected chi connectivity index (χ4v) is 3.44. The van der Waals surface area contributed by atoms with E-state index >= 15 is 0 Å². The van der Waals surface area contributed by atoms with Crippen molar-refractivity contribution in [1.82, 2.24) is 0 Å². The molecule has 0 amide bonds. The number of rotatable bonds is 5. The Bertz CT molecular complexity index is 186. The third kappa shape index (κ3) is 3.41. The zero-order valence-electron chi connectivity index (χ0n) is 11.1. The van der Waals surface area contributed by atoms with Crippen LogP contribution in [0.1, 0.15) is 65.7 Å². The van der Waals surface area contributed by atoms with Gasteiger partial charge in [-0.05, 0) is 48.5 Å². The number of hydrogen-bond acceptors (Lipinski definition) is 1. The molecular weight excluding hydrogens is 200 g/mol. The van der Waals surface area contributed by atoms with E-state index in [9.17, 15) is 0 Å². The van der Waals surface area contributed by atoms with Crippen LogP contribution < -0.4 is 0 Å². The predicted molar refractivity (Wildman–Crippen MR) is 72.6 cm³/mol. The van der Waals surface area contributed by atoms with Gasteiger partial charge in [0.15, 0.2) is 0 Å². The molecule has 1 saturated carbocycles. The van der Waals surface area contributed by atoms with Crippen molar-refractivity contribution in [3.05, 3.63) is 0 Å². The molecule has 1 heteroatoms. The highest BCUT2D eigenvalue weighted by Crippen LogP contribution is 2.52. The summed E-state index contributed by atoms with van der Waals surface area (Å²) in [5.41, 5.74) is 1.19. The van der Waals surface area contributed by atoms with Gasteiger partial charge in [-0.25, -0.2) is 0 Å². The van der Waals surface area contributed by atoms with E-state index in [0.717, 1.165) is 0 Å². The SMILES string of the molecule is CSCCCC[C@]1(C)CCCCC1(C)C. The van der Waals surface area contributed by atoms with Crippen molar-refractivity contribution >= 4 is 11.8 Å². The lowest BCUT2D eigenvalue weighted by Gasteiger charge is -2.48. The van der Waals surface area contributed by atoms with Crippen LogP contribution in [-0.4, -0.2) is 12.0 Å². The molecule has 0 N–H and O–H groups in total. The molecule has 15 heavy (non-hydrogen) atoms. The minimum atomic E-state index is 0.574. The highest BCUT2D eigenvalue weighted by molar-refractivity contribution is 7.98. The van der Waals surface area contributed by atoms with Crippen LogP contribution in [0.25, 0.3) is 0 Å². The molecule has 0 aromatic carbocycles. The largest absolute Gasteiger partial charge is 0.165 e. The standard InChI is InChI=1S/C14H28S/c1-13(2)9-5-6-10-14(13,3)11-7-8-12-15-4/h5-12H2,1-4H3/t14-/m0/s1. The van der Waals surface area contributed by atoms with E-state index in [1.807, 2.05) is 11.8 Å². The van der Waals surface area contributed by atoms with Crippen LogP contribution in [0.15, 0.2) is 0 Å². The maximum Gasteiger partial charge on any atom is -0.00703 e. The third-order valence-corrected chi connectivity index (χ3v) is 5.44. The maximum atomic E-state index is 2.53. The predicted octanol–water partition coefficient (Wildman–Crippen LogP) is 5.13. The summed E-state index contributed by atoms with van der Waals surface area (Å²) in [6.45, 7) is 7.51. The van der Waals surface area contributed by atoms with E-state index in [-0.39, 0.29) is 0 Å². The molecule has 0 bridgehead atoms. The number of hydrogen-bond donors (Lipinski definition) is 0. The Hall–Kier alpha value is 0.350. The number of thioether (sulfide) groups is 1. The van der Waals surface area contributed by atoms with E-state index in [4.69, 9.17) is 0 Å². The lowest BCUT2D eigenvalue weighted by atomic mass is 9.57. The van der Waals surface area contributed by atoms with E-state index in [0.29, 0.717) is 10.8 Å². The second-order valence-corrected chi connectivity index (χ2v) is 7.09. The van der Waals surface area contributed by atoms with E-state index in [1.165, 1.54) is 50.7 Å². The highest BCUT2D eigenvalue weighted by atomic mass is 32.2. The van der Waals surface area contributed by atoms with E-state index in [1.54, 1.807) is 0 Å². The smallest absolute Gasteiger partial charge is 0.00703 e. The van der Waals surface area contributed by atoms with Crippen molar-refractivity contribution in [2.45, 2.75) is 65.7 Å². The van der Waals surface area contributed by atoms with Gasteiger partial charge in [-0.3, -0.25) is 0 Å². The first-order chi connectivity index (χ1) is 7.02. The van der Waals surface area contributed by atoms with Gasteiger partial charge in [0.05, 0.1) is 0 Å². The third-order valence-electron chi connectivity index (χ3n) is 4.74. The second kappa shape index (κ2) is 5.61. The van der Waals surface area contributed by atoms with Gasteiger partial charge in [-0.2, -0.15) is 11.8 Å². The molecule has 0 aromatic heterocycles. The van der Waals surface area contributed by atoms with Gasteiger partial charge in [0, 0.05) is 0 Å². The Morgan fingerprint density at radius 1 is 1.00 bits per heavy atom. The average Bonchev–Trinajstić information content (AvgIpc) is 2.18. The summed E-state index contributed by atoms with van der Waals surface area (Å²) in [5, 5.41) is 0. The Balaban J connectivity index is 2.41. The first kappa shape index (κ1) is 13.4. The van der Waals surface area contributed by atoms with Crippen LogP contribution in [-0.2, 0) is 0 Å². The van der Waals surface area contributed by atoms with Gasteiger partial charge in [0.1, 0.15) is 0 Å². The minimum Gasteiger partial charge on any atom is -0.165 e. The minimum absolute atomic E-state index is 0.574. The Morgan fingerprint density at radius 3 is 2.27 bits per heavy atom. The molecule has 0 spiro atoms. The number of unbranched alkanes of at least 4 members (excludes halogenated alkanes) is 1. The summed E-state index contributed by atoms with van der Waals surface area (Å²) in [6, 6.07) is 0. The zero-order valence-corrected chi connectivity index (χ0v) is 11.9. The average molecular weight is 228 g/mol. The van der Waals surface area contributed by atoms with Gasteiger partial charge in [0.2, 0.25) is 0 Å². The molecule has 1 atom stereocenters. The molecule has 1 rings (SSSR count). The summed E-state index contributed by atoms with van der Waals surface area (Å²) in [4.78, 5) is 0. The Kier molecular flexibility index (Phi) is 5.02. The van der Waals surface area contributed by atoms with Crippen molar-refractivity contribution in [1.29, 1.82) is 0 Å². The second-order valence-electron chi connectivity index (χ2n) is 6.10. The maximum absolute atomic E-state index is 2.53. The molecule has 0 aromatic rings. The summed E-state index contributed by atoms with van der Waals surface area (Å²) >= 11 is 1.99. The highest BCUT2D eigenvalue weighted by Gasteiger charge is 2.41. The molecular formula is C14H28S.